The number of nitrogens with zero attached hydrogens (tertiary/aromatic N) is 4. The van der Waals surface area contributed by atoms with E-state index in [1.165, 1.54) is 33.0 Å². The SMILES string of the molecule is Cc1cccc(C)c1-n1c2ccccc2c2cc(-n3c4ccc(C(C)(C)C)cc4c4cc(C(C)(C)C)ccc43)cc(-c3ccc(C#N)cc3C#N)c21. The van der Waals surface area contributed by atoms with Gasteiger partial charge in [0.15, 0.2) is 0 Å². The van der Waals surface area contributed by atoms with Gasteiger partial charge in [-0.2, -0.15) is 10.5 Å². The monoisotopic (exact) mass is 674 g/mol. The summed E-state index contributed by atoms with van der Waals surface area (Å²) in [7, 11) is 0. The molecule has 0 bridgehead atoms. The van der Waals surface area contributed by atoms with Crippen LogP contribution in [0.25, 0.3) is 66.1 Å². The first-order chi connectivity index (χ1) is 24.8. The minimum absolute atomic E-state index is 0.00482. The summed E-state index contributed by atoms with van der Waals surface area (Å²) in [4.78, 5) is 0. The van der Waals surface area contributed by atoms with Gasteiger partial charge in [0.25, 0.3) is 0 Å². The molecule has 0 unspecified atom stereocenters. The molecule has 8 aromatic rings. The summed E-state index contributed by atoms with van der Waals surface area (Å²) in [6.07, 6.45) is 0. The van der Waals surface area contributed by atoms with Crippen LogP contribution in [-0.2, 0) is 10.8 Å². The van der Waals surface area contributed by atoms with Crippen LogP contribution < -0.4 is 0 Å². The van der Waals surface area contributed by atoms with Gasteiger partial charge in [-0.25, -0.2) is 0 Å². The van der Waals surface area contributed by atoms with Crippen molar-refractivity contribution >= 4 is 43.6 Å². The average Bonchev–Trinajstić information content (AvgIpc) is 3.62. The summed E-state index contributed by atoms with van der Waals surface area (Å²) in [6, 6.07) is 43.6. The third-order valence-electron chi connectivity index (χ3n) is 10.7. The van der Waals surface area contributed by atoms with Crippen LogP contribution in [0.4, 0.5) is 0 Å². The Kier molecular flexibility index (Phi) is 7.46. The van der Waals surface area contributed by atoms with Crippen LogP contribution in [0, 0.1) is 36.5 Å². The van der Waals surface area contributed by atoms with Crippen LogP contribution in [0.2, 0.25) is 0 Å². The Hall–Kier alpha value is -6.10. The smallest absolute Gasteiger partial charge is 0.0998 e. The van der Waals surface area contributed by atoms with Crippen molar-refractivity contribution in [2.75, 3.05) is 0 Å². The van der Waals surface area contributed by atoms with E-state index in [1.54, 1.807) is 6.07 Å². The maximum Gasteiger partial charge on any atom is 0.0998 e. The number of fused-ring (bicyclic) bond motifs is 6. The number of para-hydroxylation sites is 2. The second-order valence-corrected chi connectivity index (χ2v) is 16.3. The summed E-state index contributed by atoms with van der Waals surface area (Å²) < 4.78 is 4.78. The van der Waals surface area contributed by atoms with Crippen LogP contribution in [0.5, 0.6) is 0 Å². The number of rotatable bonds is 3. The Morgan fingerprint density at radius 3 is 1.67 bits per heavy atom. The second kappa shape index (κ2) is 11.7. The second-order valence-electron chi connectivity index (χ2n) is 16.3. The maximum atomic E-state index is 10.5. The molecule has 0 radical (unpaired) electrons. The van der Waals surface area contributed by atoms with Crippen molar-refractivity contribution < 1.29 is 0 Å². The highest BCUT2D eigenvalue weighted by molar-refractivity contribution is 6.16. The summed E-state index contributed by atoms with van der Waals surface area (Å²) in [5.41, 5.74) is 14.2. The molecule has 0 saturated heterocycles. The number of aromatic nitrogens is 2. The fourth-order valence-corrected chi connectivity index (χ4v) is 7.98. The molecule has 0 saturated carbocycles. The van der Waals surface area contributed by atoms with Gasteiger partial charge >= 0.3 is 0 Å². The Balaban J connectivity index is 1.58. The number of benzene rings is 6. The number of nitriles is 2. The molecule has 0 N–H and O–H groups in total. The van der Waals surface area contributed by atoms with E-state index in [0.717, 1.165) is 55.3 Å². The van der Waals surface area contributed by atoms with Gasteiger partial charge in [-0.15, -0.1) is 0 Å². The number of hydrogen-bond donors (Lipinski definition) is 0. The van der Waals surface area contributed by atoms with Gasteiger partial charge in [0.2, 0.25) is 0 Å². The lowest BCUT2D eigenvalue weighted by Gasteiger charge is -2.19. The summed E-state index contributed by atoms with van der Waals surface area (Å²) in [5.74, 6) is 0. The molecule has 4 heteroatoms. The quantitative estimate of drug-likeness (QED) is 0.187. The van der Waals surface area contributed by atoms with Crippen LogP contribution in [0.15, 0.2) is 109 Å². The lowest BCUT2D eigenvalue weighted by molar-refractivity contribution is 0.590. The van der Waals surface area contributed by atoms with E-state index in [0.29, 0.717) is 11.1 Å². The van der Waals surface area contributed by atoms with Crippen molar-refractivity contribution in [3.05, 3.63) is 143 Å². The zero-order valence-electron chi connectivity index (χ0n) is 31.2. The van der Waals surface area contributed by atoms with Gasteiger partial charge in [-0.1, -0.05) is 96.1 Å². The first-order valence-corrected chi connectivity index (χ1v) is 18.0. The lowest BCUT2D eigenvalue weighted by atomic mass is 9.85. The average molecular weight is 675 g/mol. The predicted octanol–water partition coefficient (Wildman–Crippen LogP) is 12.5. The molecule has 2 heterocycles. The molecule has 52 heavy (non-hydrogen) atoms. The van der Waals surface area contributed by atoms with E-state index in [1.807, 2.05) is 12.1 Å². The molecule has 0 amide bonds. The minimum Gasteiger partial charge on any atom is -0.309 e. The molecular formula is C48H42N4. The third kappa shape index (κ3) is 5.10. The molecule has 0 spiro atoms. The first kappa shape index (κ1) is 33.1. The van der Waals surface area contributed by atoms with Gasteiger partial charge in [-0.05, 0) is 102 Å². The highest BCUT2D eigenvalue weighted by Gasteiger charge is 2.25. The van der Waals surface area contributed by atoms with Gasteiger partial charge < -0.3 is 9.13 Å². The molecule has 0 aliphatic rings. The molecule has 2 aromatic heterocycles. The Morgan fingerprint density at radius 1 is 0.500 bits per heavy atom. The highest BCUT2D eigenvalue weighted by atomic mass is 15.0. The van der Waals surface area contributed by atoms with Gasteiger partial charge in [-0.3, -0.25) is 0 Å². The zero-order chi connectivity index (χ0) is 36.7. The number of hydrogen-bond acceptors (Lipinski definition) is 2. The van der Waals surface area contributed by atoms with E-state index in [-0.39, 0.29) is 10.8 Å². The third-order valence-corrected chi connectivity index (χ3v) is 10.7. The van der Waals surface area contributed by atoms with Crippen LogP contribution >= 0.6 is 0 Å². The topological polar surface area (TPSA) is 57.4 Å². The maximum absolute atomic E-state index is 10.5. The standard InChI is InChI=1S/C48H42N4/c1-29-12-11-13-30(2)45(29)52-42-15-10-9-14-37(42)41-26-35(25-40(46(41)52)36-19-16-31(27-49)22-32(36)28-50)51-43-20-17-33(47(3,4)5)23-38(43)39-24-34(48(6,7)8)18-21-44(39)51/h9-26H,1-8H3. The van der Waals surface area contributed by atoms with Gasteiger partial charge in [0.05, 0.1) is 51.0 Å². The molecule has 0 atom stereocenters. The lowest BCUT2D eigenvalue weighted by Crippen LogP contribution is -2.10. The summed E-state index contributed by atoms with van der Waals surface area (Å²) >= 11 is 0. The summed E-state index contributed by atoms with van der Waals surface area (Å²) in [6.45, 7) is 17.9. The van der Waals surface area contributed by atoms with Gasteiger partial charge in [0, 0.05) is 38.4 Å². The van der Waals surface area contributed by atoms with Crippen LogP contribution in [-0.4, -0.2) is 9.13 Å². The molecule has 4 nitrogen and oxygen atoms in total. The van der Waals surface area contributed by atoms with Crippen molar-refractivity contribution in [2.45, 2.75) is 66.2 Å². The molecule has 0 fully saturated rings. The van der Waals surface area contributed by atoms with Crippen LogP contribution in [0.1, 0.15) is 74.9 Å². The van der Waals surface area contributed by atoms with E-state index >= 15 is 0 Å². The summed E-state index contributed by atoms with van der Waals surface area (Å²) in [5, 5.41) is 25.0. The molecule has 8 rings (SSSR count). The van der Waals surface area contributed by atoms with Crippen molar-refractivity contribution in [1.82, 2.24) is 9.13 Å². The Labute approximate surface area is 305 Å². The molecule has 6 aromatic carbocycles. The van der Waals surface area contributed by atoms with E-state index in [9.17, 15) is 10.5 Å². The Bertz CT molecular complexity index is 2760. The largest absolute Gasteiger partial charge is 0.309 e. The minimum atomic E-state index is -0.00482. The van der Waals surface area contributed by atoms with Crippen molar-refractivity contribution in [1.29, 1.82) is 10.5 Å². The van der Waals surface area contributed by atoms with E-state index < -0.39 is 0 Å². The predicted molar refractivity (Wildman–Crippen MR) is 217 cm³/mol. The van der Waals surface area contributed by atoms with Crippen molar-refractivity contribution in [3.8, 4) is 34.6 Å². The van der Waals surface area contributed by atoms with E-state index in [2.05, 4.69) is 168 Å². The van der Waals surface area contributed by atoms with Gasteiger partial charge in [0.1, 0.15) is 0 Å². The van der Waals surface area contributed by atoms with Crippen molar-refractivity contribution in [2.24, 2.45) is 0 Å². The number of aryl methyl sites for hydroxylation is 2. The first-order valence-electron chi connectivity index (χ1n) is 18.0. The fourth-order valence-electron chi connectivity index (χ4n) is 7.98. The Morgan fingerprint density at radius 2 is 1.10 bits per heavy atom. The molecule has 0 aliphatic heterocycles. The van der Waals surface area contributed by atoms with Crippen LogP contribution in [0.3, 0.4) is 0 Å². The molecule has 254 valence electrons. The van der Waals surface area contributed by atoms with Crippen molar-refractivity contribution in [3.63, 3.8) is 0 Å². The fraction of sp³-hybridized carbons (Fsp3) is 0.208. The highest BCUT2D eigenvalue weighted by Crippen LogP contribution is 2.44. The normalized spacial score (nSPS) is 12.2. The molecule has 0 aliphatic carbocycles. The zero-order valence-corrected chi connectivity index (χ0v) is 31.2. The molecular weight excluding hydrogens is 633 g/mol. The van der Waals surface area contributed by atoms with E-state index in [4.69, 9.17) is 0 Å².